The van der Waals surface area contributed by atoms with E-state index in [2.05, 4.69) is 20.3 Å². The Kier molecular flexibility index (Phi) is 6.12. The van der Waals surface area contributed by atoms with Gasteiger partial charge >= 0.3 is 12.3 Å². The fraction of sp³-hybridized carbons (Fsp3) is 0.368. The number of alkyl halides is 3. The van der Waals surface area contributed by atoms with E-state index in [1.54, 1.807) is 5.51 Å². The number of nitrogens with two attached hydrogens (primary N) is 1. The molecule has 3 N–H and O–H groups in total. The van der Waals surface area contributed by atoms with Crippen LogP contribution in [0.4, 0.5) is 35.4 Å². The van der Waals surface area contributed by atoms with Crippen molar-refractivity contribution in [3.63, 3.8) is 0 Å². The zero-order chi connectivity index (χ0) is 23.8. The maximum Gasteiger partial charge on any atom is 0.430 e. The van der Waals surface area contributed by atoms with Gasteiger partial charge in [-0.05, 0) is 25.1 Å². The Labute approximate surface area is 190 Å². The number of aromatic nitrogens is 3. The Bertz CT molecular complexity index is 1170. The summed E-state index contributed by atoms with van der Waals surface area (Å²) in [7, 11) is 1.26. The molecule has 4 rings (SSSR count). The number of anilines is 3. The molecule has 1 atom stereocenters. The van der Waals surface area contributed by atoms with E-state index in [0.29, 0.717) is 29.3 Å². The van der Waals surface area contributed by atoms with Crippen molar-refractivity contribution in [2.75, 3.05) is 42.7 Å². The minimum Gasteiger partial charge on any atom is -0.497 e. The van der Waals surface area contributed by atoms with E-state index in [0.717, 1.165) is 12.1 Å². The van der Waals surface area contributed by atoms with Gasteiger partial charge in [-0.25, -0.2) is 14.8 Å². The smallest absolute Gasteiger partial charge is 0.430 e. The number of nitrogens with one attached hydrogen (secondary N) is 1. The number of rotatable bonds is 4. The average Bonchev–Trinajstić information content (AvgIpc) is 3.21. The first-order chi connectivity index (χ1) is 15.7. The predicted octanol–water partition coefficient (Wildman–Crippen LogP) is 3.37. The summed E-state index contributed by atoms with van der Waals surface area (Å²) in [5.74, 6) is 0.737. The van der Waals surface area contributed by atoms with E-state index >= 15 is 0 Å². The molecule has 3 aromatic rings. The number of carbonyl (C=O) groups excluding carboxylic acids is 1. The van der Waals surface area contributed by atoms with Gasteiger partial charge in [0, 0.05) is 12.6 Å². The van der Waals surface area contributed by atoms with Crippen LogP contribution in [0.3, 0.4) is 0 Å². The quantitative estimate of drug-likeness (QED) is 0.576. The van der Waals surface area contributed by atoms with Gasteiger partial charge in [-0.1, -0.05) is 0 Å². The third-order valence-electron chi connectivity index (χ3n) is 5.04. The molecule has 1 fully saturated rings. The zero-order valence-electron chi connectivity index (χ0n) is 17.6. The fourth-order valence-corrected chi connectivity index (χ4v) is 4.19. The minimum atomic E-state index is -4.68. The number of amides is 1. The maximum atomic E-state index is 13.4. The summed E-state index contributed by atoms with van der Waals surface area (Å²) in [6.07, 6.45) is -5.71. The minimum absolute atomic E-state index is 0.0192. The van der Waals surface area contributed by atoms with Gasteiger partial charge in [0.05, 0.1) is 37.0 Å². The first-order valence-corrected chi connectivity index (χ1v) is 10.7. The third-order valence-corrected chi connectivity index (χ3v) is 5.76. The molecule has 0 saturated carbocycles. The summed E-state index contributed by atoms with van der Waals surface area (Å²) >= 11 is 1.35. The number of piperazine rings is 1. The number of hydrogen-bond donors (Lipinski definition) is 2. The molecule has 3 heterocycles. The van der Waals surface area contributed by atoms with Crippen LogP contribution in [0.2, 0.25) is 0 Å². The SMILES string of the molecule is COc1ccc(NC(=O)ON2CCN(c3nc(N)nc4scnc34)[C@@H](C)C2)c(C(F)(F)F)c1. The Balaban J connectivity index is 1.43. The number of halogens is 3. The molecule has 0 spiro atoms. The van der Waals surface area contributed by atoms with Crippen molar-refractivity contribution in [3.05, 3.63) is 29.3 Å². The van der Waals surface area contributed by atoms with Crippen LogP contribution in [-0.2, 0) is 11.0 Å². The highest BCUT2D eigenvalue weighted by Gasteiger charge is 2.35. The molecule has 0 aliphatic carbocycles. The molecule has 10 nitrogen and oxygen atoms in total. The normalized spacial score (nSPS) is 17.2. The lowest BCUT2D eigenvalue weighted by Gasteiger charge is -2.39. The average molecular weight is 483 g/mol. The monoisotopic (exact) mass is 483 g/mol. The topological polar surface area (TPSA) is 119 Å². The summed E-state index contributed by atoms with van der Waals surface area (Å²) in [5.41, 5.74) is 6.64. The third kappa shape index (κ3) is 4.85. The molecular formula is C19H20F3N7O3S. The van der Waals surface area contributed by atoms with Crippen molar-refractivity contribution in [3.8, 4) is 5.75 Å². The lowest BCUT2D eigenvalue weighted by atomic mass is 10.1. The van der Waals surface area contributed by atoms with Crippen molar-refractivity contribution >= 4 is 45.2 Å². The van der Waals surface area contributed by atoms with Crippen LogP contribution in [0.25, 0.3) is 10.3 Å². The molecule has 2 aromatic heterocycles. The zero-order valence-corrected chi connectivity index (χ0v) is 18.4. The number of nitrogen functional groups attached to an aromatic ring is 1. The highest BCUT2D eigenvalue weighted by Crippen LogP contribution is 2.37. The highest BCUT2D eigenvalue weighted by atomic mass is 32.1. The standard InChI is InChI=1S/C19H20F3N7O3S/c1-10-8-28(5-6-29(10)15-14-16(33-9-24-14)27-17(23)26-15)32-18(30)25-13-4-3-11(31-2)7-12(13)19(20,21)22/h3-4,7,9-10H,5-6,8H2,1-2H3,(H,25,30)(H2,23,26,27)/t10-/m0/s1. The second-order valence-electron chi connectivity index (χ2n) is 7.25. The van der Waals surface area contributed by atoms with Gasteiger partial charge in [0.25, 0.3) is 0 Å². The number of hydroxylamine groups is 2. The molecule has 0 unspecified atom stereocenters. The number of ether oxygens (including phenoxy) is 1. The summed E-state index contributed by atoms with van der Waals surface area (Å²) in [6, 6.07) is 3.08. The van der Waals surface area contributed by atoms with Gasteiger partial charge in [-0.15, -0.1) is 16.4 Å². The Morgan fingerprint density at radius 3 is 2.79 bits per heavy atom. The van der Waals surface area contributed by atoms with Crippen molar-refractivity contribution in [1.29, 1.82) is 0 Å². The molecule has 14 heteroatoms. The van der Waals surface area contributed by atoms with E-state index < -0.39 is 23.5 Å². The summed E-state index contributed by atoms with van der Waals surface area (Å²) in [6.45, 7) is 2.91. The number of hydrogen-bond acceptors (Lipinski definition) is 10. The molecule has 1 aromatic carbocycles. The van der Waals surface area contributed by atoms with Gasteiger partial charge in [0.15, 0.2) is 10.6 Å². The molecule has 0 bridgehead atoms. The highest BCUT2D eigenvalue weighted by molar-refractivity contribution is 7.16. The predicted molar refractivity (Wildman–Crippen MR) is 116 cm³/mol. The van der Waals surface area contributed by atoms with Crippen LogP contribution in [0.5, 0.6) is 5.75 Å². The molecular weight excluding hydrogens is 463 g/mol. The molecule has 1 aliphatic heterocycles. The summed E-state index contributed by atoms with van der Waals surface area (Å²) < 4.78 is 44.9. The second-order valence-corrected chi connectivity index (χ2v) is 8.09. The molecule has 1 saturated heterocycles. The van der Waals surface area contributed by atoms with E-state index in [1.807, 2.05) is 11.8 Å². The van der Waals surface area contributed by atoms with E-state index in [9.17, 15) is 18.0 Å². The van der Waals surface area contributed by atoms with E-state index in [-0.39, 0.29) is 24.3 Å². The molecule has 0 radical (unpaired) electrons. The van der Waals surface area contributed by atoms with Gasteiger partial charge in [-0.3, -0.25) is 5.32 Å². The Morgan fingerprint density at radius 1 is 1.30 bits per heavy atom. The van der Waals surface area contributed by atoms with Crippen LogP contribution >= 0.6 is 11.3 Å². The number of benzene rings is 1. The van der Waals surface area contributed by atoms with E-state index in [1.165, 1.54) is 29.6 Å². The molecule has 33 heavy (non-hydrogen) atoms. The van der Waals surface area contributed by atoms with E-state index in [4.69, 9.17) is 15.3 Å². The van der Waals surface area contributed by atoms with Crippen molar-refractivity contribution in [2.45, 2.75) is 19.1 Å². The number of carbonyl (C=O) groups is 1. The van der Waals surface area contributed by atoms with Gasteiger partial charge in [0.2, 0.25) is 5.95 Å². The summed E-state index contributed by atoms with van der Waals surface area (Å²) in [5, 5.41) is 3.55. The van der Waals surface area contributed by atoms with Crippen LogP contribution in [0.1, 0.15) is 12.5 Å². The first-order valence-electron chi connectivity index (χ1n) is 9.78. The molecule has 1 aliphatic rings. The molecule has 1 amide bonds. The van der Waals surface area contributed by atoms with Crippen LogP contribution in [0, 0.1) is 0 Å². The van der Waals surface area contributed by atoms with Gasteiger partial charge < -0.3 is 20.2 Å². The molecule has 176 valence electrons. The largest absolute Gasteiger partial charge is 0.497 e. The van der Waals surface area contributed by atoms with Gasteiger partial charge in [-0.2, -0.15) is 18.2 Å². The lowest BCUT2D eigenvalue weighted by molar-refractivity contribution is -0.137. The number of nitrogens with zero attached hydrogens (tertiary/aromatic N) is 5. The van der Waals surface area contributed by atoms with Gasteiger partial charge in [0.1, 0.15) is 11.3 Å². The fourth-order valence-electron chi connectivity index (χ4n) is 3.53. The van der Waals surface area contributed by atoms with Crippen molar-refractivity contribution < 1.29 is 27.5 Å². The van der Waals surface area contributed by atoms with Crippen molar-refractivity contribution in [2.24, 2.45) is 0 Å². The van der Waals surface area contributed by atoms with Crippen molar-refractivity contribution in [1.82, 2.24) is 20.0 Å². The number of fused-ring (bicyclic) bond motifs is 1. The Hall–Kier alpha value is -3.39. The number of methoxy groups -OCH3 is 1. The number of thiazole rings is 1. The van der Waals surface area contributed by atoms with Crippen LogP contribution < -0.4 is 20.7 Å². The second kappa shape index (κ2) is 8.86. The first kappa shape index (κ1) is 22.8. The maximum absolute atomic E-state index is 13.4. The van der Waals surface area contributed by atoms with Crippen LogP contribution in [0.15, 0.2) is 23.7 Å². The lowest BCUT2D eigenvalue weighted by Crippen LogP contribution is -2.53. The van der Waals surface area contributed by atoms with Crippen LogP contribution in [-0.4, -0.2) is 58.9 Å². The Morgan fingerprint density at radius 2 is 2.09 bits per heavy atom. The summed E-state index contributed by atoms with van der Waals surface area (Å²) in [4.78, 5) is 33.0.